The lowest BCUT2D eigenvalue weighted by Crippen LogP contribution is -2.40. The first-order chi connectivity index (χ1) is 14.3. The lowest BCUT2D eigenvalue weighted by molar-refractivity contribution is 0.115. The molecule has 0 amide bonds. The van der Waals surface area contributed by atoms with Crippen molar-refractivity contribution in [2.24, 2.45) is 0 Å². The van der Waals surface area contributed by atoms with E-state index in [1.54, 1.807) is 18.2 Å². The summed E-state index contributed by atoms with van der Waals surface area (Å²) in [5, 5.41) is 10.5. The Bertz CT molecular complexity index is 1080. The third-order valence-electron chi connectivity index (χ3n) is 4.53. The highest BCUT2D eigenvalue weighted by Crippen LogP contribution is 2.25. The van der Waals surface area contributed by atoms with Crippen LogP contribution in [0.25, 0.3) is 0 Å². The average molecular weight is 430 g/mol. The molecule has 0 bridgehead atoms. The van der Waals surface area contributed by atoms with Crippen molar-refractivity contribution >= 4 is 15.7 Å². The maximum absolute atomic E-state index is 13.4. The molecular weight excluding hydrogens is 405 g/mol. The third-order valence-corrected chi connectivity index (χ3v) is 6.34. The van der Waals surface area contributed by atoms with E-state index in [-0.39, 0.29) is 23.7 Å². The fourth-order valence-electron chi connectivity index (χ4n) is 2.93. The third kappa shape index (κ3) is 5.37. The van der Waals surface area contributed by atoms with E-state index in [9.17, 15) is 17.9 Å². The predicted molar refractivity (Wildman–Crippen MR) is 115 cm³/mol. The Morgan fingerprint density at radius 2 is 1.63 bits per heavy atom. The molecule has 0 saturated carbocycles. The number of nitrogens with zero attached hydrogens (tertiary/aromatic N) is 1. The number of aliphatic hydroxyl groups excluding tert-OH is 1. The molecule has 3 aromatic rings. The van der Waals surface area contributed by atoms with Gasteiger partial charge in [0.1, 0.15) is 24.3 Å². The normalized spacial score (nSPS) is 12.4. The molecule has 7 heteroatoms. The summed E-state index contributed by atoms with van der Waals surface area (Å²) in [4.78, 5) is 0.0872. The number of rotatable bonds is 8. The summed E-state index contributed by atoms with van der Waals surface area (Å²) in [6, 6.07) is 18.9. The Morgan fingerprint density at radius 1 is 0.967 bits per heavy atom. The van der Waals surface area contributed by atoms with Gasteiger partial charge in [-0.3, -0.25) is 4.31 Å². The van der Waals surface area contributed by atoms with Crippen molar-refractivity contribution in [3.63, 3.8) is 0 Å². The minimum Gasteiger partial charge on any atom is -0.491 e. The van der Waals surface area contributed by atoms with Crippen LogP contribution in [-0.4, -0.2) is 32.8 Å². The number of aliphatic hydroxyl groups is 1. The second-order valence-electron chi connectivity index (χ2n) is 7.11. The molecule has 0 aromatic heterocycles. The molecule has 5 nitrogen and oxygen atoms in total. The lowest BCUT2D eigenvalue weighted by atomic mass is 10.2. The zero-order chi connectivity index (χ0) is 21.7. The Balaban J connectivity index is 1.84. The monoisotopic (exact) mass is 429 g/mol. The summed E-state index contributed by atoms with van der Waals surface area (Å²) in [6.07, 6.45) is -1.10. The van der Waals surface area contributed by atoms with E-state index >= 15 is 0 Å². The molecule has 0 heterocycles. The molecule has 158 valence electrons. The Hall–Kier alpha value is -2.90. The van der Waals surface area contributed by atoms with E-state index in [2.05, 4.69) is 0 Å². The quantitative estimate of drug-likeness (QED) is 0.586. The van der Waals surface area contributed by atoms with E-state index in [4.69, 9.17) is 4.74 Å². The Kier molecular flexibility index (Phi) is 6.74. The molecule has 3 aromatic carbocycles. The zero-order valence-corrected chi connectivity index (χ0v) is 17.6. The highest BCUT2D eigenvalue weighted by atomic mass is 32.2. The molecule has 0 saturated heterocycles. The standard InChI is InChI=1S/C23H24FNO4S/c1-17-6-12-23(13-7-17)30(27,28)25(20-10-8-19(24)9-11-20)15-21(26)16-29-22-5-3-4-18(2)14-22/h3-14,21,26H,15-16H2,1-2H3/t21-/m0/s1. The molecular formula is C23H24FNO4S. The van der Waals surface area contributed by atoms with Crippen LogP contribution >= 0.6 is 0 Å². The zero-order valence-electron chi connectivity index (χ0n) is 16.8. The summed E-state index contributed by atoms with van der Waals surface area (Å²) in [5.41, 5.74) is 2.19. The second kappa shape index (κ2) is 9.28. The van der Waals surface area contributed by atoms with E-state index in [0.29, 0.717) is 5.75 Å². The van der Waals surface area contributed by atoms with Crippen LogP contribution in [0.15, 0.2) is 77.7 Å². The van der Waals surface area contributed by atoms with Crippen LogP contribution in [0.4, 0.5) is 10.1 Å². The van der Waals surface area contributed by atoms with Gasteiger partial charge in [-0.1, -0.05) is 29.8 Å². The fraction of sp³-hybridized carbons (Fsp3) is 0.217. The topological polar surface area (TPSA) is 66.8 Å². The number of ether oxygens (including phenoxy) is 1. The smallest absolute Gasteiger partial charge is 0.264 e. The summed E-state index contributed by atoms with van der Waals surface area (Å²) in [7, 11) is -3.97. The molecule has 3 rings (SSSR count). The van der Waals surface area contributed by atoms with Crippen LogP contribution in [0.2, 0.25) is 0 Å². The number of halogens is 1. The molecule has 0 fully saturated rings. The second-order valence-corrected chi connectivity index (χ2v) is 8.97. The maximum atomic E-state index is 13.4. The van der Waals surface area contributed by atoms with Crippen LogP contribution in [0.1, 0.15) is 11.1 Å². The van der Waals surface area contributed by atoms with E-state index in [1.807, 2.05) is 32.0 Å². The van der Waals surface area contributed by atoms with Crippen LogP contribution < -0.4 is 9.04 Å². The molecule has 0 aliphatic carbocycles. The van der Waals surface area contributed by atoms with Crippen LogP contribution in [0.5, 0.6) is 5.75 Å². The van der Waals surface area contributed by atoms with Crippen molar-refractivity contribution < 1.29 is 22.7 Å². The Morgan fingerprint density at radius 3 is 2.27 bits per heavy atom. The van der Waals surface area contributed by atoms with Crippen molar-refractivity contribution in [2.75, 3.05) is 17.5 Å². The van der Waals surface area contributed by atoms with Crippen LogP contribution in [0, 0.1) is 19.7 Å². The van der Waals surface area contributed by atoms with Crippen molar-refractivity contribution in [2.45, 2.75) is 24.8 Å². The van der Waals surface area contributed by atoms with Gasteiger partial charge in [-0.15, -0.1) is 0 Å². The van der Waals surface area contributed by atoms with Crippen molar-refractivity contribution in [1.82, 2.24) is 0 Å². The minimum absolute atomic E-state index is 0.0872. The Labute approximate surface area is 176 Å². The van der Waals surface area contributed by atoms with Gasteiger partial charge in [-0.05, 0) is 67.9 Å². The molecule has 0 aliphatic rings. The van der Waals surface area contributed by atoms with Gasteiger partial charge in [-0.2, -0.15) is 0 Å². The van der Waals surface area contributed by atoms with E-state index in [0.717, 1.165) is 15.4 Å². The van der Waals surface area contributed by atoms with Crippen molar-refractivity contribution in [3.8, 4) is 5.75 Å². The van der Waals surface area contributed by atoms with Crippen LogP contribution in [-0.2, 0) is 10.0 Å². The van der Waals surface area contributed by atoms with Gasteiger partial charge >= 0.3 is 0 Å². The van der Waals surface area contributed by atoms with Crippen LogP contribution in [0.3, 0.4) is 0 Å². The molecule has 0 unspecified atom stereocenters. The maximum Gasteiger partial charge on any atom is 0.264 e. The molecule has 0 radical (unpaired) electrons. The number of aryl methyl sites for hydroxylation is 2. The van der Waals surface area contributed by atoms with Gasteiger partial charge < -0.3 is 9.84 Å². The van der Waals surface area contributed by atoms with Gasteiger partial charge in [0.05, 0.1) is 17.1 Å². The van der Waals surface area contributed by atoms with Gasteiger partial charge in [0, 0.05) is 0 Å². The van der Waals surface area contributed by atoms with Crippen molar-refractivity contribution in [1.29, 1.82) is 0 Å². The molecule has 1 atom stereocenters. The summed E-state index contributed by atoms with van der Waals surface area (Å²) in [5.74, 6) is 0.110. The highest BCUT2D eigenvalue weighted by molar-refractivity contribution is 7.92. The number of anilines is 1. The minimum atomic E-state index is -3.97. The molecule has 0 aliphatic heterocycles. The number of hydrogen-bond acceptors (Lipinski definition) is 4. The van der Waals surface area contributed by atoms with Crippen molar-refractivity contribution in [3.05, 3.63) is 89.7 Å². The van der Waals surface area contributed by atoms with E-state index in [1.165, 1.54) is 36.4 Å². The molecule has 30 heavy (non-hydrogen) atoms. The van der Waals surface area contributed by atoms with Gasteiger partial charge in [0.25, 0.3) is 10.0 Å². The number of sulfonamides is 1. The summed E-state index contributed by atoms with van der Waals surface area (Å²) in [6.45, 7) is 3.45. The lowest BCUT2D eigenvalue weighted by Gasteiger charge is -2.27. The summed E-state index contributed by atoms with van der Waals surface area (Å²) >= 11 is 0. The first kappa shape index (κ1) is 21.8. The first-order valence-electron chi connectivity index (χ1n) is 9.48. The number of hydrogen-bond donors (Lipinski definition) is 1. The highest BCUT2D eigenvalue weighted by Gasteiger charge is 2.27. The first-order valence-corrected chi connectivity index (χ1v) is 10.9. The molecule has 0 spiro atoms. The molecule has 1 N–H and O–H groups in total. The van der Waals surface area contributed by atoms with Gasteiger partial charge in [0.2, 0.25) is 0 Å². The SMILES string of the molecule is Cc1ccc(S(=O)(=O)N(C[C@H](O)COc2cccc(C)c2)c2ccc(F)cc2)cc1. The van der Waals surface area contributed by atoms with Gasteiger partial charge in [0.15, 0.2) is 0 Å². The predicted octanol–water partition coefficient (Wildman–Crippen LogP) is 4.08. The number of benzene rings is 3. The van der Waals surface area contributed by atoms with Gasteiger partial charge in [-0.25, -0.2) is 12.8 Å². The fourth-order valence-corrected chi connectivity index (χ4v) is 4.43. The average Bonchev–Trinajstić information content (AvgIpc) is 2.71. The van der Waals surface area contributed by atoms with E-state index < -0.39 is 21.9 Å². The largest absolute Gasteiger partial charge is 0.491 e. The summed E-state index contributed by atoms with van der Waals surface area (Å²) < 4.78 is 46.6.